The van der Waals surface area contributed by atoms with Gasteiger partial charge in [0.05, 0.1) is 9.95 Å². The van der Waals surface area contributed by atoms with Crippen LogP contribution in [-0.4, -0.2) is 36.0 Å². The molecule has 0 saturated carbocycles. The number of benzene rings is 1. The second kappa shape index (κ2) is 7.56. The van der Waals surface area contributed by atoms with Crippen LogP contribution in [0.2, 0.25) is 5.02 Å². The zero-order chi connectivity index (χ0) is 15.2. The zero-order valence-corrected chi connectivity index (χ0v) is 12.5. The topological polar surface area (TPSA) is 58.4 Å². The highest BCUT2D eigenvalue weighted by Gasteiger charge is 2.18. The van der Waals surface area contributed by atoms with E-state index in [0.29, 0.717) is 6.54 Å². The Kier molecular flexibility index (Phi) is 5.76. The van der Waals surface area contributed by atoms with Crippen LogP contribution in [0.5, 0.6) is 0 Å². The van der Waals surface area contributed by atoms with Crippen molar-refractivity contribution in [3.63, 3.8) is 0 Å². The maximum absolute atomic E-state index is 13.5. The summed E-state index contributed by atoms with van der Waals surface area (Å²) in [6, 6.07) is 2.13. The number of likely N-dealkylation sites (tertiary alicyclic amines) is 1. The lowest BCUT2D eigenvalue weighted by Gasteiger charge is -2.20. The lowest BCUT2D eigenvalue weighted by molar-refractivity contribution is -0.384. The number of halogens is 2. The molecule has 21 heavy (non-hydrogen) atoms. The van der Waals surface area contributed by atoms with E-state index in [0.717, 1.165) is 31.8 Å². The SMILES string of the molecule is O=[N+]([O-])c1cc(Cl)c(F)cc1NCCN1CCCCCC1. The van der Waals surface area contributed by atoms with Gasteiger partial charge in [-0.3, -0.25) is 10.1 Å². The highest BCUT2D eigenvalue weighted by molar-refractivity contribution is 6.31. The van der Waals surface area contributed by atoms with Gasteiger partial charge in [0.15, 0.2) is 0 Å². The maximum atomic E-state index is 13.5. The summed E-state index contributed by atoms with van der Waals surface area (Å²) in [7, 11) is 0. The van der Waals surface area contributed by atoms with Crippen molar-refractivity contribution >= 4 is 23.0 Å². The van der Waals surface area contributed by atoms with Crippen molar-refractivity contribution in [3.05, 3.63) is 33.1 Å². The Morgan fingerprint density at radius 2 is 1.95 bits per heavy atom. The molecule has 0 radical (unpaired) electrons. The zero-order valence-electron chi connectivity index (χ0n) is 11.8. The van der Waals surface area contributed by atoms with Crippen molar-refractivity contribution < 1.29 is 9.31 Å². The van der Waals surface area contributed by atoms with Crippen molar-refractivity contribution in [2.24, 2.45) is 0 Å². The number of nitro benzene ring substituents is 1. The quantitative estimate of drug-likeness (QED) is 0.665. The number of anilines is 1. The molecule has 1 N–H and O–H groups in total. The Morgan fingerprint density at radius 3 is 2.57 bits per heavy atom. The first-order valence-electron chi connectivity index (χ1n) is 7.17. The minimum absolute atomic E-state index is 0.178. The van der Waals surface area contributed by atoms with Crippen molar-refractivity contribution in [3.8, 4) is 0 Å². The molecule has 1 heterocycles. The molecule has 0 amide bonds. The standard InChI is InChI=1S/C14H19ClFN3O2/c15-11-9-14(19(20)21)13(10-12(11)16)17-5-8-18-6-3-1-2-4-7-18/h9-10,17H,1-8H2. The Morgan fingerprint density at radius 1 is 1.29 bits per heavy atom. The third kappa shape index (κ3) is 4.54. The minimum Gasteiger partial charge on any atom is -0.378 e. The first kappa shape index (κ1) is 16.0. The van der Waals surface area contributed by atoms with Crippen LogP contribution in [-0.2, 0) is 0 Å². The Balaban J connectivity index is 1.95. The van der Waals surface area contributed by atoms with Gasteiger partial charge in [0, 0.05) is 25.2 Å². The number of hydrogen-bond donors (Lipinski definition) is 1. The third-order valence-electron chi connectivity index (χ3n) is 3.68. The average Bonchev–Trinajstić information content (AvgIpc) is 2.71. The molecule has 0 atom stereocenters. The van der Waals surface area contributed by atoms with Crippen molar-refractivity contribution in [1.82, 2.24) is 4.90 Å². The summed E-state index contributed by atoms with van der Waals surface area (Å²) in [4.78, 5) is 12.7. The molecule has 1 saturated heterocycles. The summed E-state index contributed by atoms with van der Waals surface area (Å²) < 4.78 is 13.5. The van der Waals surface area contributed by atoms with E-state index < -0.39 is 10.7 Å². The van der Waals surface area contributed by atoms with Gasteiger partial charge >= 0.3 is 0 Å². The molecule has 7 heteroatoms. The molecular weight excluding hydrogens is 297 g/mol. The Hall–Kier alpha value is -1.40. The molecule has 116 valence electrons. The van der Waals surface area contributed by atoms with E-state index in [1.165, 1.54) is 25.7 Å². The highest BCUT2D eigenvalue weighted by Crippen LogP contribution is 2.30. The molecule has 1 fully saturated rings. The largest absolute Gasteiger partial charge is 0.378 e. The lowest BCUT2D eigenvalue weighted by Crippen LogP contribution is -2.30. The predicted octanol–water partition coefficient (Wildman–Crippen LogP) is 3.68. The normalized spacial score (nSPS) is 16.5. The second-order valence-corrected chi connectivity index (χ2v) is 5.63. The van der Waals surface area contributed by atoms with E-state index in [-0.39, 0.29) is 16.4 Å². The summed E-state index contributed by atoms with van der Waals surface area (Å²) in [5.74, 6) is -0.653. The van der Waals surface area contributed by atoms with Gasteiger partial charge in [-0.1, -0.05) is 24.4 Å². The van der Waals surface area contributed by atoms with Crippen molar-refractivity contribution in [1.29, 1.82) is 0 Å². The monoisotopic (exact) mass is 315 g/mol. The lowest BCUT2D eigenvalue weighted by atomic mass is 10.2. The van der Waals surface area contributed by atoms with Gasteiger partial charge in [-0.15, -0.1) is 0 Å². The second-order valence-electron chi connectivity index (χ2n) is 5.22. The van der Waals surface area contributed by atoms with Crippen LogP contribution >= 0.6 is 11.6 Å². The van der Waals surface area contributed by atoms with Crippen molar-refractivity contribution in [2.45, 2.75) is 25.7 Å². The number of nitro groups is 1. The number of nitrogens with zero attached hydrogens (tertiary/aromatic N) is 2. The molecule has 2 rings (SSSR count). The summed E-state index contributed by atoms with van der Waals surface area (Å²) >= 11 is 5.59. The van der Waals surface area contributed by atoms with Gasteiger partial charge in [-0.05, 0) is 25.9 Å². The fourth-order valence-corrected chi connectivity index (χ4v) is 2.70. The molecule has 1 aliphatic heterocycles. The summed E-state index contributed by atoms with van der Waals surface area (Å²) in [6.07, 6.45) is 4.90. The van der Waals surface area contributed by atoms with E-state index in [4.69, 9.17) is 11.6 Å². The van der Waals surface area contributed by atoms with Crippen LogP contribution in [0.1, 0.15) is 25.7 Å². The number of nitrogens with one attached hydrogen (secondary N) is 1. The van der Waals surface area contributed by atoms with Gasteiger partial charge in [-0.25, -0.2) is 4.39 Å². The minimum atomic E-state index is -0.653. The molecule has 1 aromatic carbocycles. The molecule has 1 aliphatic rings. The third-order valence-corrected chi connectivity index (χ3v) is 3.97. The van der Waals surface area contributed by atoms with E-state index >= 15 is 0 Å². The van der Waals surface area contributed by atoms with E-state index in [1.807, 2.05) is 0 Å². The Bertz CT molecular complexity index is 505. The van der Waals surface area contributed by atoms with Crippen LogP contribution in [0.25, 0.3) is 0 Å². The predicted molar refractivity (Wildman–Crippen MR) is 81.5 cm³/mol. The molecule has 0 spiro atoms. The molecular formula is C14H19ClFN3O2. The van der Waals surface area contributed by atoms with Gasteiger partial charge in [0.1, 0.15) is 11.5 Å². The average molecular weight is 316 g/mol. The molecule has 0 aliphatic carbocycles. The fraction of sp³-hybridized carbons (Fsp3) is 0.571. The van der Waals surface area contributed by atoms with Gasteiger partial charge < -0.3 is 10.2 Å². The van der Waals surface area contributed by atoms with Crippen LogP contribution in [0.15, 0.2) is 12.1 Å². The molecule has 5 nitrogen and oxygen atoms in total. The van der Waals surface area contributed by atoms with Crippen LogP contribution in [0, 0.1) is 15.9 Å². The summed E-state index contributed by atoms with van der Waals surface area (Å²) in [5, 5.41) is 13.7. The summed E-state index contributed by atoms with van der Waals surface area (Å²) in [5.41, 5.74) is -0.0195. The first-order chi connectivity index (χ1) is 10.1. The Labute approximate surface area is 128 Å². The summed E-state index contributed by atoms with van der Waals surface area (Å²) in [6.45, 7) is 3.45. The van der Waals surface area contributed by atoms with E-state index in [9.17, 15) is 14.5 Å². The number of rotatable bonds is 5. The van der Waals surface area contributed by atoms with Gasteiger partial charge in [0.25, 0.3) is 5.69 Å². The molecule has 0 unspecified atom stereocenters. The molecule has 1 aromatic rings. The van der Waals surface area contributed by atoms with Gasteiger partial charge in [0.2, 0.25) is 0 Å². The van der Waals surface area contributed by atoms with Crippen LogP contribution < -0.4 is 5.32 Å². The number of hydrogen-bond acceptors (Lipinski definition) is 4. The molecule has 0 aromatic heterocycles. The highest BCUT2D eigenvalue weighted by atomic mass is 35.5. The van der Waals surface area contributed by atoms with E-state index in [2.05, 4.69) is 10.2 Å². The first-order valence-corrected chi connectivity index (χ1v) is 7.55. The molecule has 0 bridgehead atoms. The van der Waals surface area contributed by atoms with Crippen LogP contribution in [0.3, 0.4) is 0 Å². The smallest absolute Gasteiger partial charge is 0.294 e. The van der Waals surface area contributed by atoms with E-state index in [1.54, 1.807) is 0 Å². The van der Waals surface area contributed by atoms with Crippen molar-refractivity contribution in [2.75, 3.05) is 31.5 Å². The van der Waals surface area contributed by atoms with Crippen LogP contribution in [0.4, 0.5) is 15.8 Å². The fourth-order valence-electron chi connectivity index (χ4n) is 2.54. The maximum Gasteiger partial charge on any atom is 0.294 e. The van der Waals surface area contributed by atoms with Gasteiger partial charge in [-0.2, -0.15) is 0 Å².